The summed E-state index contributed by atoms with van der Waals surface area (Å²) in [6.45, 7) is 7.18. The first kappa shape index (κ1) is 14.3. The van der Waals surface area contributed by atoms with Crippen LogP contribution in [0.5, 0.6) is 0 Å². The van der Waals surface area contributed by atoms with E-state index in [0.29, 0.717) is 12.5 Å². The highest BCUT2D eigenvalue weighted by Crippen LogP contribution is 2.29. The molecule has 1 aromatic carbocycles. The lowest BCUT2D eigenvalue weighted by Gasteiger charge is -2.07. The average molecular weight is 299 g/mol. The first-order valence-electron chi connectivity index (χ1n) is 7.38. The van der Waals surface area contributed by atoms with Gasteiger partial charge in [0.05, 0.1) is 11.4 Å². The number of fused-ring (bicyclic) bond motifs is 1. The van der Waals surface area contributed by atoms with Crippen molar-refractivity contribution >= 4 is 16.3 Å². The van der Waals surface area contributed by atoms with Gasteiger partial charge in [-0.15, -0.1) is 11.3 Å². The van der Waals surface area contributed by atoms with Crippen molar-refractivity contribution in [2.75, 3.05) is 6.54 Å². The standard InChI is InChI=1S/C17H21N3S/c1-11(2)13-4-6-14(7-5-13)16-15(8-9-18)20-10-12(3)21-17(20)19-16/h4-7,10-11H,8-9,18H2,1-3H3. The van der Waals surface area contributed by atoms with Crippen LogP contribution in [0.15, 0.2) is 30.5 Å². The average Bonchev–Trinajstić information content (AvgIpc) is 2.97. The Bertz CT molecular complexity index is 750. The number of imidazole rings is 1. The van der Waals surface area contributed by atoms with Crippen molar-refractivity contribution in [2.45, 2.75) is 33.1 Å². The molecular weight excluding hydrogens is 278 g/mol. The molecule has 2 heterocycles. The van der Waals surface area contributed by atoms with Gasteiger partial charge in [0.2, 0.25) is 0 Å². The Morgan fingerprint density at radius 3 is 2.57 bits per heavy atom. The zero-order valence-corrected chi connectivity index (χ0v) is 13.6. The Morgan fingerprint density at radius 2 is 1.95 bits per heavy atom. The summed E-state index contributed by atoms with van der Waals surface area (Å²) in [5.41, 5.74) is 10.6. The fourth-order valence-corrected chi connectivity index (χ4v) is 3.48. The van der Waals surface area contributed by atoms with Crippen molar-refractivity contribution in [3.63, 3.8) is 0 Å². The number of nitrogens with two attached hydrogens (primary N) is 1. The van der Waals surface area contributed by atoms with E-state index in [1.54, 1.807) is 11.3 Å². The van der Waals surface area contributed by atoms with Crippen LogP contribution in [0.3, 0.4) is 0 Å². The third kappa shape index (κ3) is 2.61. The Kier molecular flexibility index (Phi) is 3.83. The molecule has 0 aliphatic rings. The molecule has 0 aliphatic heterocycles. The molecule has 3 rings (SSSR count). The van der Waals surface area contributed by atoms with E-state index in [9.17, 15) is 0 Å². The van der Waals surface area contributed by atoms with E-state index in [1.807, 2.05) is 0 Å². The highest BCUT2D eigenvalue weighted by Gasteiger charge is 2.15. The molecule has 0 radical (unpaired) electrons. The number of hydrogen-bond acceptors (Lipinski definition) is 3. The highest BCUT2D eigenvalue weighted by molar-refractivity contribution is 7.17. The van der Waals surface area contributed by atoms with Gasteiger partial charge >= 0.3 is 0 Å². The summed E-state index contributed by atoms with van der Waals surface area (Å²) in [6, 6.07) is 8.75. The van der Waals surface area contributed by atoms with Crippen molar-refractivity contribution < 1.29 is 0 Å². The van der Waals surface area contributed by atoms with Gasteiger partial charge in [-0.05, 0) is 24.9 Å². The van der Waals surface area contributed by atoms with Crippen molar-refractivity contribution in [3.05, 3.63) is 46.6 Å². The normalized spacial score (nSPS) is 11.7. The molecule has 0 fully saturated rings. The first-order valence-corrected chi connectivity index (χ1v) is 8.19. The van der Waals surface area contributed by atoms with Crippen LogP contribution in [-0.4, -0.2) is 15.9 Å². The predicted molar refractivity (Wildman–Crippen MR) is 90.1 cm³/mol. The molecule has 0 saturated heterocycles. The molecule has 0 bridgehead atoms. The molecule has 21 heavy (non-hydrogen) atoms. The Hall–Kier alpha value is -1.65. The molecule has 4 heteroatoms. The zero-order chi connectivity index (χ0) is 15.0. The van der Waals surface area contributed by atoms with Crippen molar-refractivity contribution in [1.29, 1.82) is 0 Å². The van der Waals surface area contributed by atoms with E-state index in [4.69, 9.17) is 10.7 Å². The van der Waals surface area contributed by atoms with Crippen LogP contribution in [0.25, 0.3) is 16.2 Å². The number of aryl methyl sites for hydroxylation is 1. The maximum atomic E-state index is 5.79. The molecule has 0 aliphatic carbocycles. The second-order valence-corrected chi connectivity index (χ2v) is 6.93. The lowest BCUT2D eigenvalue weighted by Crippen LogP contribution is -2.05. The third-order valence-electron chi connectivity index (χ3n) is 3.77. The second kappa shape index (κ2) is 5.62. The molecule has 2 aromatic heterocycles. The number of nitrogens with zero attached hydrogens (tertiary/aromatic N) is 2. The maximum Gasteiger partial charge on any atom is 0.194 e. The second-order valence-electron chi connectivity index (χ2n) is 5.72. The minimum absolute atomic E-state index is 0.552. The highest BCUT2D eigenvalue weighted by atomic mass is 32.1. The van der Waals surface area contributed by atoms with Crippen LogP contribution in [0, 0.1) is 6.92 Å². The van der Waals surface area contributed by atoms with E-state index in [2.05, 4.69) is 55.6 Å². The molecule has 0 atom stereocenters. The minimum Gasteiger partial charge on any atom is -0.330 e. The summed E-state index contributed by atoms with van der Waals surface area (Å²) in [7, 11) is 0. The van der Waals surface area contributed by atoms with E-state index < -0.39 is 0 Å². The van der Waals surface area contributed by atoms with Gasteiger partial charge in [-0.1, -0.05) is 38.1 Å². The van der Waals surface area contributed by atoms with Crippen LogP contribution in [0.1, 0.15) is 35.9 Å². The summed E-state index contributed by atoms with van der Waals surface area (Å²) in [5, 5.41) is 0. The third-order valence-corrected chi connectivity index (χ3v) is 4.67. The van der Waals surface area contributed by atoms with E-state index in [-0.39, 0.29) is 0 Å². The van der Waals surface area contributed by atoms with Gasteiger partial charge in [0.15, 0.2) is 4.96 Å². The van der Waals surface area contributed by atoms with E-state index in [1.165, 1.54) is 21.7 Å². The van der Waals surface area contributed by atoms with Gasteiger partial charge in [0.25, 0.3) is 0 Å². The summed E-state index contributed by atoms with van der Waals surface area (Å²) >= 11 is 1.73. The lowest BCUT2D eigenvalue weighted by atomic mass is 10.00. The van der Waals surface area contributed by atoms with Gasteiger partial charge in [-0.25, -0.2) is 4.98 Å². The van der Waals surface area contributed by atoms with Gasteiger partial charge in [-0.3, -0.25) is 4.40 Å². The van der Waals surface area contributed by atoms with Crippen LogP contribution in [0.2, 0.25) is 0 Å². The first-order chi connectivity index (χ1) is 10.1. The largest absolute Gasteiger partial charge is 0.330 e. The Morgan fingerprint density at radius 1 is 1.24 bits per heavy atom. The van der Waals surface area contributed by atoms with E-state index in [0.717, 1.165) is 17.1 Å². The number of benzene rings is 1. The van der Waals surface area contributed by atoms with E-state index >= 15 is 0 Å². The number of thiazole rings is 1. The summed E-state index contributed by atoms with van der Waals surface area (Å²) in [6.07, 6.45) is 3.00. The molecule has 110 valence electrons. The van der Waals surface area contributed by atoms with Crippen molar-refractivity contribution in [1.82, 2.24) is 9.38 Å². The fraction of sp³-hybridized carbons (Fsp3) is 0.353. The number of rotatable bonds is 4. The maximum absolute atomic E-state index is 5.79. The summed E-state index contributed by atoms with van der Waals surface area (Å²) in [4.78, 5) is 7.15. The predicted octanol–water partition coefficient (Wildman–Crippen LogP) is 4.00. The molecule has 3 nitrogen and oxygen atoms in total. The fourth-order valence-electron chi connectivity index (χ4n) is 2.63. The minimum atomic E-state index is 0.552. The molecular formula is C17H21N3S. The summed E-state index contributed by atoms with van der Waals surface area (Å²) < 4.78 is 2.19. The van der Waals surface area contributed by atoms with Crippen molar-refractivity contribution in [3.8, 4) is 11.3 Å². The molecule has 0 saturated carbocycles. The van der Waals surface area contributed by atoms with Gasteiger partial charge in [0.1, 0.15) is 0 Å². The Balaban J connectivity index is 2.10. The van der Waals surface area contributed by atoms with Crippen LogP contribution in [0.4, 0.5) is 0 Å². The van der Waals surface area contributed by atoms with Gasteiger partial charge in [-0.2, -0.15) is 0 Å². The van der Waals surface area contributed by atoms with Gasteiger partial charge < -0.3 is 5.73 Å². The zero-order valence-electron chi connectivity index (χ0n) is 12.8. The van der Waals surface area contributed by atoms with Gasteiger partial charge in [0, 0.05) is 23.1 Å². The SMILES string of the molecule is Cc1cn2c(CCN)c(-c3ccc(C(C)C)cc3)nc2s1. The molecule has 0 spiro atoms. The topological polar surface area (TPSA) is 43.3 Å². The Labute approximate surface area is 129 Å². The summed E-state index contributed by atoms with van der Waals surface area (Å²) in [5.74, 6) is 0.552. The molecule has 0 amide bonds. The number of hydrogen-bond donors (Lipinski definition) is 1. The lowest BCUT2D eigenvalue weighted by molar-refractivity contribution is 0.867. The van der Waals surface area contributed by atoms with Crippen LogP contribution in [-0.2, 0) is 6.42 Å². The monoisotopic (exact) mass is 299 g/mol. The number of aromatic nitrogens is 2. The molecule has 2 N–H and O–H groups in total. The smallest absolute Gasteiger partial charge is 0.194 e. The van der Waals surface area contributed by atoms with Crippen LogP contribution >= 0.6 is 11.3 Å². The quantitative estimate of drug-likeness (QED) is 0.791. The molecule has 0 unspecified atom stereocenters. The van der Waals surface area contributed by atoms with Crippen molar-refractivity contribution in [2.24, 2.45) is 5.73 Å². The van der Waals surface area contributed by atoms with Crippen LogP contribution < -0.4 is 5.73 Å². The molecule has 3 aromatic rings.